The summed E-state index contributed by atoms with van der Waals surface area (Å²) in [7, 11) is 0. The zero-order valence-electron chi connectivity index (χ0n) is 12.5. The van der Waals surface area contributed by atoms with E-state index in [1.165, 1.54) is 44.2 Å². The van der Waals surface area contributed by atoms with Gasteiger partial charge in [0.05, 0.1) is 0 Å². The van der Waals surface area contributed by atoms with E-state index < -0.39 is 0 Å². The van der Waals surface area contributed by atoms with Crippen LogP contribution in [-0.4, -0.2) is 12.1 Å². The van der Waals surface area contributed by atoms with Crippen LogP contribution in [0.25, 0.3) is 0 Å². The summed E-state index contributed by atoms with van der Waals surface area (Å²) in [6.45, 7) is 3.44. The van der Waals surface area contributed by atoms with Gasteiger partial charge in [0.15, 0.2) is 0 Å². The second-order valence-corrected chi connectivity index (χ2v) is 7.48. The third-order valence-electron chi connectivity index (χ3n) is 6.10. The first-order valence-corrected chi connectivity index (χ1v) is 8.32. The molecule has 108 valence electrons. The Hall–Kier alpha value is -1.18. The monoisotopic (exact) mass is 270 g/mol. The van der Waals surface area contributed by atoms with Crippen molar-refractivity contribution in [2.75, 3.05) is 17.2 Å². The first-order chi connectivity index (χ1) is 9.68. The Morgan fingerprint density at radius 1 is 1.00 bits per heavy atom. The third kappa shape index (κ3) is 1.84. The van der Waals surface area contributed by atoms with Crippen LogP contribution in [0.4, 0.5) is 11.4 Å². The van der Waals surface area contributed by atoms with Gasteiger partial charge in [-0.2, -0.15) is 0 Å². The number of nitrogens with two attached hydrogens (primary N) is 1. The van der Waals surface area contributed by atoms with Crippen LogP contribution in [0.15, 0.2) is 24.3 Å². The number of anilines is 2. The summed E-state index contributed by atoms with van der Waals surface area (Å²) in [5.41, 5.74) is 8.56. The number of nitrogens with zero attached hydrogens (tertiary/aromatic N) is 1. The van der Waals surface area contributed by atoms with Gasteiger partial charge in [0.1, 0.15) is 0 Å². The molecule has 4 fully saturated rings. The number of benzene rings is 1. The van der Waals surface area contributed by atoms with Gasteiger partial charge in [-0.15, -0.1) is 0 Å². The molecule has 2 N–H and O–H groups in total. The number of hydrogen-bond donors (Lipinski definition) is 1. The highest BCUT2D eigenvalue weighted by atomic mass is 15.2. The summed E-state index contributed by atoms with van der Waals surface area (Å²) in [5.74, 6) is 3.01. The maximum atomic E-state index is 5.86. The molecule has 4 saturated carbocycles. The summed E-state index contributed by atoms with van der Waals surface area (Å²) in [4.78, 5) is 2.71. The van der Waals surface area contributed by atoms with Crippen molar-refractivity contribution >= 4 is 11.4 Å². The van der Waals surface area contributed by atoms with Gasteiger partial charge in [-0.25, -0.2) is 0 Å². The number of nitrogen functional groups attached to an aromatic ring is 1. The van der Waals surface area contributed by atoms with E-state index in [0.717, 1.165) is 30.0 Å². The summed E-state index contributed by atoms with van der Waals surface area (Å²) < 4.78 is 0. The van der Waals surface area contributed by atoms with E-state index in [4.69, 9.17) is 5.73 Å². The molecule has 4 bridgehead atoms. The Morgan fingerprint density at radius 2 is 1.50 bits per heavy atom. The predicted molar refractivity (Wildman–Crippen MR) is 84.8 cm³/mol. The maximum Gasteiger partial charge on any atom is 0.0410 e. The number of rotatable bonds is 3. The highest BCUT2D eigenvalue weighted by molar-refractivity contribution is 5.55. The minimum Gasteiger partial charge on any atom is -0.399 e. The smallest absolute Gasteiger partial charge is 0.0410 e. The van der Waals surface area contributed by atoms with Crippen molar-refractivity contribution in [1.29, 1.82) is 0 Å². The van der Waals surface area contributed by atoms with Crippen LogP contribution in [0.1, 0.15) is 45.4 Å². The largest absolute Gasteiger partial charge is 0.399 e. The van der Waals surface area contributed by atoms with Crippen molar-refractivity contribution in [1.82, 2.24) is 0 Å². The van der Waals surface area contributed by atoms with Gasteiger partial charge in [0.2, 0.25) is 0 Å². The molecule has 4 aliphatic carbocycles. The molecule has 0 aliphatic heterocycles. The molecule has 1 aromatic rings. The molecule has 0 saturated heterocycles. The molecule has 2 heteroatoms. The van der Waals surface area contributed by atoms with Crippen LogP contribution in [0, 0.1) is 17.8 Å². The second kappa shape index (κ2) is 4.41. The van der Waals surface area contributed by atoms with Crippen LogP contribution in [0.3, 0.4) is 0 Å². The fraction of sp³-hybridized carbons (Fsp3) is 0.667. The summed E-state index contributed by atoms with van der Waals surface area (Å²) >= 11 is 0. The average molecular weight is 270 g/mol. The SMILES string of the molecule is CCN(c1ccc(N)cc1)C12CC3CC(CC(C3)C1)C2. The van der Waals surface area contributed by atoms with E-state index in [0.29, 0.717) is 5.54 Å². The van der Waals surface area contributed by atoms with E-state index in [2.05, 4.69) is 36.1 Å². The lowest BCUT2D eigenvalue weighted by Crippen LogP contribution is -2.60. The predicted octanol–water partition coefficient (Wildman–Crippen LogP) is 4.06. The van der Waals surface area contributed by atoms with Crippen molar-refractivity contribution in [3.05, 3.63) is 24.3 Å². The molecule has 0 atom stereocenters. The molecule has 0 amide bonds. The molecular weight excluding hydrogens is 244 g/mol. The molecular formula is C18H26N2. The second-order valence-electron chi connectivity index (χ2n) is 7.48. The standard InChI is InChI=1S/C18H26N2/c1-2-20(17-5-3-16(19)4-6-17)18-10-13-7-14(11-18)9-15(8-13)12-18/h3-6,13-15H,2,7-12,19H2,1H3. The molecule has 1 aromatic carbocycles. The highest BCUT2D eigenvalue weighted by Crippen LogP contribution is 2.58. The maximum absolute atomic E-state index is 5.86. The van der Waals surface area contributed by atoms with E-state index in [-0.39, 0.29) is 0 Å². The lowest BCUT2D eigenvalue weighted by atomic mass is 9.52. The van der Waals surface area contributed by atoms with Gasteiger partial charge in [0.25, 0.3) is 0 Å². The van der Waals surface area contributed by atoms with Gasteiger partial charge in [0, 0.05) is 23.5 Å². The van der Waals surface area contributed by atoms with Crippen LogP contribution in [-0.2, 0) is 0 Å². The Balaban J connectivity index is 1.68. The van der Waals surface area contributed by atoms with Crippen LogP contribution < -0.4 is 10.6 Å². The molecule has 0 aromatic heterocycles. The summed E-state index contributed by atoms with van der Waals surface area (Å²) in [5, 5.41) is 0. The highest BCUT2D eigenvalue weighted by Gasteiger charge is 2.53. The molecule has 2 nitrogen and oxygen atoms in total. The molecule has 5 rings (SSSR count). The normalized spacial score (nSPS) is 38.1. The zero-order chi connectivity index (χ0) is 13.7. The van der Waals surface area contributed by atoms with E-state index in [1.54, 1.807) is 0 Å². The molecule has 0 heterocycles. The minimum absolute atomic E-state index is 0.458. The lowest BCUT2D eigenvalue weighted by Gasteiger charge is -2.61. The van der Waals surface area contributed by atoms with Gasteiger partial charge in [-0.05, 0) is 87.5 Å². The van der Waals surface area contributed by atoms with Crippen LogP contribution >= 0.6 is 0 Å². The van der Waals surface area contributed by atoms with E-state index in [1.807, 2.05) is 0 Å². The van der Waals surface area contributed by atoms with Crippen molar-refractivity contribution in [2.24, 2.45) is 17.8 Å². The first-order valence-electron chi connectivity index (χ1n) is 8.32. The third-order valence-corrected chi connectivity index (χ3v) is 6.10. The topological polar surface area (TPSA) is 29.3 Å². The Morgan fingerprint density at radius 3 is 1.95 bits per heavy atom. The molecule has 4 aliphatic rings. The van der Waals surface area contributed by atoms with Crippen molar-refractivity contribution < 1.29 is 0 Å². The van der Waals surface area contributed by atoms with Crippen molar-refractivity contribution in [2.45, 2.75) is 51.0 Å². The van der Waals surface area contributed by atoms with E-state index in [9.17, 15) is 0 Å². The fourth-order valence-electron chi connectivity index (χ4n) is 5.84. The van der Waals surface area contributed by atoms with Gasteiger partial charge >= 0.3 is 0 Å². The van der Waals surface area contributed by atoms with Gasteiger partial charge in [-0.1, -0.05) is 0 Å². The zero-order valence-corrected chi connectivity index (χ0v) is 12.5. The van der Waals surface area contributed by atoms with E-state index >= 15 is 0 Å². The Bertz CT molecular complexity index is 455. The number of hydrogen-bond acceptors (Lipinski definition) is 2. The Kier molecular flexibility index (Phi) is 2.77. The van der Waals surface area contributed by atoms with Crippen LogP contribution in [0.2, 0.25) is 0 Å². The molecule has 20 heavy (non-hydrogen) atoms. The minimum atomic E-state index is 0.458. The average Bonchev–Trinajstić information content (AvgIpc) is 2.40. The quantitative estimate of drug-likeness (QED) is 0.839. The summed E-state index contributed by atoms with van der Waals surface area (Å²) in [6, 6.07) is 8.55. The molecule has 0 unspecified atom stereocenters. The molecule has 0 radical (unpaired) electrons. The lowest BCUT2D eigenvalue weighted by molar-refractivity contribution is -0.00388. The molecule has 0 spiro atoms. The van der Waals surface area contributed by atoms with Crippen molar-refractivity contribution in [3.8, 4) is 0 Å². The first kappa shape index (κ1) is 12.6. The Labute approximate surface area is 122 Å². The van der Waals surface area contributed by atoms with Crippen LogP contribution in [0.5, 0.6) is 0 Å². The van der Waals surface area contributed by atoms with Gasteiger partial charge < -0.3 is 10.6 Å². The van der Waals surface area contributed by atoms with Gasteiger partial charge in [-0.3, -0.25) is 0 Å². The van der Waals surface area contributed by atoms with Crippen molar-refractivity contribution in [3.63, 3.8) is 0 Å². The summed E-state index contributed by atoms with van der Waals surface area (Å²) in [6.07, 6.45) is 8.82. The fourth-order valence-corrected chi connectivity index (χ4v) is 5.84.